The van der Waals surface area contributed by atoms with E-state index in [-0.39, 0.29) is 29.7 Å². The van der Waals surface area contributed by atoms with E-state index in [9.17, 15) is 8.42 Å². The number of halogens is 1. The van der Waals surface area contributed by atoms with Crippen molar-refractivity contribution in [2.75, 3.05) is 32.4 Å². The smallest absolute Gasteiger partial charge is 0.211 e. The Kier molecular flexibility index (Phi) is 8.99. The van der Waals surface area contributed by atoms with Gasteiger partial charge in [-0.2, -0.15) is 0 Å². The van der Waals surface area contributed by atoms with Crippen molar-refractivity contribution in [3.05, 3.63) is 35.4 Å². The van der Waals surface area contributed by atoms with Crippen molar-refractivity contribution >= 4 is 40.0 Å². The van der Waals surface area contributed by atoms with E-state index < -0.39 is 10.0 Å². The Morgan fingerprint density at radius 1 is 1.25 bits per heavy atom. The fourth-order valence-corrected chi connectivity index (χ4v) is 3.29. The Bertz CT molecular complexity index is 649. The molecule has 0 bridgehead atoms. The predicted octanol–water partition coefficient (Wildman–Crippen LogP) is 1.57. The lowest BCUT2D eigenvalue weighted by molar-refractivity contribution is 0.378. The largest absolute Gasteiger partial charge is 0.356 e. The number of hydrogen-bond donors (Lipinski definition) is 2. The van der Waals surface area contributed by atoms with Crippen LogP contribution in [0.15, 0.2) is 29.3 Å². The minimum atomic E-state index is -3.10. The summed E-state index contributed by atoms with van der Waals surface area (Å²) in [5.74, 6) is 0.993. The summed E-state index contributed by atoms with van der Waals surface area (Å²) in [5, 5.41) is 3.32. The van der Waals surface area contributed by atoms with E-state index in [2.05, 4.69) is 44.2 Å². The van der Waals surface area contributed by atoms with E-state index >= 15 is 0 Å². The van der Waals surface area contributed by atoms with Gasteiger partial charge in [0.2, 0.25) is 10.0 Å². The molecule has 0 amide bonds. The summed E-state index contributed by atoms with van der Waals surface area (Å²) in [4.78, 5) is 6.57. The third kappa shape index (κ3) is 6.21. The fourth-order valence-electron chi connectivity index (χ4n) is 2.63. The van der Waals surface area contributed by atoms with Gasteiger partial charge >= 0.3 is 0 Å². The van der Waals surface area contributed by atoms with E-state index in [0.717, 1.165) is 31.9 Å². The lowest BCUT2D eigenvalue weighted by Gasteiger charge is -2.31. The average Bonchev–Trinajstić information content (AvgIpc) is 2.57. The molecule has 24 heavy (non-hydrogen) atoms. The van der Waals surface area contributed by atoms with Crippen LogP contribution in [-0.4, -0.2) is 51.7 Å². The van der Waals surface area contributed by atoms with Crippen LogP contribution >= 0.6 is 24.0 Å². The zero-order chi connectivity index (χ0) is 16.7. The maximum absolute atomic E-state index is 11.4. The number of nitrogens with zero attached hydrogens (tertiary/aromatic N) is 2. The molecular formula is C16H27IN4O2S. The summed E-state index contributed by atoms with van der Waals surface area (Å²) in [6, 6.07) is 8.49. The number of rotatable bonds is 6. The third-order valence-corrected chi connectivity index (χ3v) is 5.38. The van der Waals surface area contributed by atoms with Gasteiger partial charge in [0, 0.05) is 33.2 Å². The maximum Gasteiger partial charge on any atom is 0.211 e. The van der Waals surface area contributed by atoms with Crippen molar-refractivity contribution in [2.24, 2.45) is 4.99 Å². The van der Waals surface area contributed by atoms with Crippen molar-refractivity contribution < 1.29 is 8.42 Å². The van der Waals surface area contributed by atoms with Gasteiger partial charge < -0.3 is 10.2 Å². The van der Waals surface area contributed by atoms with Gasteiger partial charge in [-0.05, 0) is 30.9 Å². The molecule has 1 aromatic carbocycles. The Morgan fingerprint density at radius 2 is 1.96 bits per heavy atom. The Morgan fingerprint density at radius 3 is 2.62 bits per heavy atom. The molecule has 2 N–H and O–H groups in total. The second-order valence-electron chi connectivity index (χ2n) is 5.57. The zero-order valence-electron chi connectivity index (χ0n) is 14.3. The van der Waals surface area contributed by atoms with Gasteiger partial charge in [0.25, 0.3) is 0 Å². The highest BCUT2D eigenvalue weighted by Crippen LogP contribution is 2.18. The first kappa shape index (κ1) is 21.2. The molecule has 0 radical (unpaired) electrons. The van der Waals surface area contributed by atoms with E-state index in [0.29, 0.717) is 13.1 Å². The summed E-state index contributed by atoms with van der Waals surface area (Å²) in [6.45, 7) is 4.58. The third-order valence-electron chi connectivity index (χ3n) is 3.98. The highest BCUT2D eigenvalue weighted by Gasteiger charge is 2.18. The minimum absolute atomic E-state index is 0. The van der Waals surface area contributed by atoms with Crippen LogP contribution in [0.25, 0.3) is 0 Å². The molecule has 0 aromatic heterocycles. The Balaban J connectivity index is 0.00000288. The average molecular weight is 466 g/mol. The summed E-state index contributed by atoms with van der Waals surface area (Å²) in [5.41, 5.74) is 2.76. The number of hydrogen-bond acceptors (Lipinski definition) is 3. The quantitative estimate of drug-likeness (QED) is 0.289. The highest BCUT2D eigenvalue weighted by molar-refractivity contribution is 14.0. The lowest BCUT2D eigenvalue weighted by Crippen LogP contribution is -2.44. The first-order valence-corrected chi connectivity index (χ1v) is 9.70. The number of fused-ring (bicyclic) bond motifs is 1. The maximum atomic E-state index is 11.4. The van der Waals surface area contributed by atoms with Crippen molar-refractivity contribution in [3.63, 3.8) is 0 Å². The van der Waals surface area contributed by atoms with E-state index in [1.54, 1.807) is 14.0 Å². The van der Waals surface area contributed by atoms with Gasteiger partial charge in [0.05, 0.1) is 5.75 Å². The van der Waals surface area contributed by atoms with Crippen molar-refractivity contribution in [1.82, 2.24) is 14.9 Å². The van der Waals surface area contributed by atoms with Gasteiger partial charge in [0.1, 0.15) is 0 Å². The molecular weight excluding hydrogens is 439 g/mol. The monoisotopic (exact) mass is 466 g/mol. The normalized spacial score (nSPS) is 14.8. The molecule has 1 heterocycles. The Hall–Kier alpha value is -0.870. The van der Waals surface area contributed by atoms with Crippen LogP contribution in [-0.2, 0) is 23.0 Å². The standard InChI is InChI=1S/C16H26N4O2S.HI/c1-3-23(21,22)19-11-6-10-18-16(17-2)20-12-9-14-7-4-5-8-15(14)13-20;/h4-5,7-8,19H,3,6,9-13H2,1-2H3,(H,17,18);1H. The van der Waals surface area contributed by atoms with Crippen LogP contribution in [0.3, 0.4) is 0 Å². The summed E-state index contributed by atoms with van der Waals surface area (Å²) < 4.78 is 25.3. The molecule has 136 valence electrons. The molecule has 6 nitrogen and oxygen atoms in total. The van der Waals surface area contributed by atoms with Gasteiger partial charge in [-0.3, -0.25) is 4.99 Å². The van der Waals surface area contributed by atoms with Crippen LogP contribution in [0, 0.1) is 0 Å². The summed E-state index contributed by atoms with van der Waals surface area (Å²) in [7, 11) is -1.32. The van der Waals surface area contributed by atoms with Crippen molar-refractivity contribution in [3.8, 4) is 0 Å². The van der Waals surface area contributed by atoms with Gasteiger partial charge in [-0.25, -0.2) is 13.1 Å². The van der Waals surface area contributed by atoms with Crippen LogP contribution in [0.1, 0.15) is 24.5 Å². The summed E-state index contributed by atoms with van der Waals surface area (Å²) in [6.07, 6.45) is 1.75. The molecule has 0 saturated carbocycles. The molecule has 0 fully saturated rings. The fraction of sp³-hybridized carbons (Fsp3) is 0.562. The SMILES string of the molecule is CCS(=O)(=O)NCCCNC(=NC)N1CCc2ccccc2C1.I. The molecule has 1 aliphatic heterocycles. The van der Waals surface area contributed by atoms with Crippen LogP contribution < -0.4 is 10.0 Å². The Labute approximate surface area is 162 Å². The minimum Gasteiger partial charge on any atom is -0.356 e. The van der Waals surface area contributed by atoms with E-state index in [4.69, 9.17) is 0 Å². The van der Waals surface area contributed by atoms with Crippen molar-refractivity contribution in [1.29, 1.82) is 0 Å². The topological polar surface area (TPSA) is 73.8 Å². The predicted molar refractivity (Wildman–Crippen MR) is 109 cm³/mol. The van der Waals surface area contributed by atoms with E-state index in [1.807, 2.05) is 0 Å². The molecule has 1 aliphatic rings. The number of benzene rings is 1. The number of aliphatic imine (C=N–C) groups is 1. The zero-order valence-corrected chi connectivity index (χ0v) is 17.4. The highest BCUT2D eigenvalue weighted by atomic mass is 127. The van der Waals surface area contributed by atoms with Gasteiger partial charge in [-0.1, -0.05) is 24.3 Å². The molecule has 0 aliphatic carbocycles. The molecule has 1 aromatic rings. The number of guanidine groups is 1. The van der Waals surface area contributed by atoms with Crippen molar-refractivity contribution in [2.45, 2.75) is 26.3 Å². The molecule has 8 heteroatoms. The number of nitrogens with one attached hydrogen (secondary N) is 2. The van der Waals surface area contributed by atoms with Gasteiger partial charge in [0.15, 0.2) is 5.96 Å². The first-order valence-electron chi connectivity index (χ1n) is 8.05. The second kappa shape index (κ2) is 10.2. The number of sulfonamides is 1. The van der Waals surface area contributed by atoms with Crippen LogP contribution in [0.4, 0.5) is 0 Å². The van der Waals surface area contributed by atoms with Crippen LogP contribution in [0.2, 0.25) is 0 Å². The molecule has 2 rings (SSSR count). The molecule has 0 atom stereocenters. The molecule has 0 unspecified atom stereocenters. The second-order valence-corrected chi connectivity index (χ2v) is 7.66. The summed E-state index contributed by atoms with van der Waals surface area (Å²) >= 11 is 0. The molecule has 0 saturated heterocycles. The van der Waals surface area contributed by atoms with E-state index in [1.165, 1.54) is 11.1 Å². The van der Waals surface area contributed by atoms with Crippen LogP contribution in [0.5, 0.6) is 0 Å². The first-order chi connectivity index (χ1) is 11.1. The lowest BCUT2D eigenvalue weighted by atomic mass is 10.0. The molecule has 0 spiro atoms. The van der Waals surface area contributed by atoms with Gasteiger partial charge in [-0.15, -0.1) is 24.0 Å².